The first-order valence-corrected chi connectivity index (χ1v) is 6.28. The average molecular weight is 284 g/mol. The molecule has 19 heavy (non-hydrogen) atoms. The molecule has 1 aromatic rings. The zero-order valence-electron chi connectivity index (χ0n) is 11.5. The molecule has 0 bridgehead atoms. The van der Waals surface area contributed by atoms with Gasteiger partial charge in [0.2, 0.25) is 0 Å². The summed E-state index contributed by atoms with van der Waals surface area (Å²) in [5.74, 6) is -0.133. The van der Waals surface area contributed by atoms with Crippen LogP contribution in [0.3, 0.4) is 0 Å². The number of ketones is 1. The van der Waals surface area contributed by atoms with E-state index in [4.69, 9.17) is 11.6 Å². The van der Waals surface area contributed by atoms with E-state index in [2.05, 4.69) is 10.1 Å². The molecule has 0 heterocycles. The molecule has 1 N–H and O–H groups in total. The van der Waals surface area contributed by atoms with E-state index in [-0.39, 0.29) is 5.78 Å². The first kappa shape index (κ1) is 15.5. The number of ether oxygens (including phenoxy) is 1. The van der Waals surface area contributed by atoms with Gasteiger partial charge in [0.05, 0.1) is 7.11 Å². The second-order valence-corrected chi connectivity index (χ2v) is 5.61. The van der Waals surface area contributed by atoms with Crippen molar-refractivity contribution in [3.05, 3.63) is 34.9 Å². The predicted molar refractivity (Wildman–Crippen MR) is 74.2 cm³/mol. The molecular formula is C14H18ClNO3. The minimum absolute atomic E-state index is 0.133. The molecule has 1 aromatic carbocycles. The Bertz CT molecular complexity index is 480. The normalized spacial score (nSPS) is 12.7. The molecule has 0 aliphatic heterocycles. The number of Topliss-reactive ketones (excluding diaryl/α,β-unsaturated/α-hetero) is 1. The topological polar surface area (TPSA) is 55.4 Å². The highest BCUT2D eigenvalue weighted by Crippen LogP contribution is 2.29. The number of hydrogen-bond acceptors (Lipinski definition) is 3. The van der Waals surface area contributed by atoms with E-state index >= 15 is 0 Å². The van der Waals surface area contributed by atoms with Crippen LogP contribution in [-0.2, 0) is 9.53 Å². The third-order valence-electron chi connectivity index (χ3n) is 2.67. The van der Waals surface area contributed by atoms with Crippen molar-refractivity contribution in [2.45, 2.75) is 26.8 Å². The number of nitrogens with one attached hydrogen (secondary N) is 1. The summed E-state index contributed by atoms with van der Waals surface area (Å²) >= 11 is 6.10. The second kappa shape index (κ2) is 6.06. The number of amides is 1. The Morgan fingerprint density at radius 2 is 1.84 bits per heavy atom. The summed E-state index contributed by atoms with van der Waals surface area (Å²) in [6.07, 6.45) is -0.664. The Hall–Kier alpha value is -1.55. The first-order chi connectivity index (χ1) is 8.77. The lowest BCUT2D eigenvalue weighted by Crippen LogP contribution is -2.39. The SMILES string of the molecule is COC(=O)NC(C(=O)C(C)(C)C)c1ccccc1Cl. The van der Waals surface area contributed by atoms with Crippen LogP contribution >= 0.6 is 11.6 Å². The summed E-state index contributed by atoms with van der Waals surface area (Å²) in [5.41, 5.74) is -0.0419. The lowest BCUT2D eigenvalue weighted by molar-refractivity contribution is -0.128. The molecule has 1 atom stereocenters. The fourth-order valence-corrected chi connectivity index (χ4v) is 1.85. The number of rotatable bonds is 3. The Labute approximate surface area is 118 Å². The molecule has 0 aliphatic carbocycles. The van der Waals surface area contributed by atoms with Crippen LogP contribution in [0.15, 0.2) is 24.3 Å². The smallest absolute Gasteiger partial charge is 0.407 e. The van der Waals surface area contributed by atoms with Gasteiger partial charge < -0.3 is 10.1 Å². The van der Waals surface area contributed by atoms with Crippen LogP contribution in [0.4, 0.5) is 4.79 Å². The van der Waals surface area contributed by atoms with Crippen LogP contribution in [0, 0.1) is 5.41 Å². The quantitative estimate of drug-likeness (QED) is 0.925. The molecule has 5 heteroatoms. The van der Waals surface area contributed by atoms with Crippen molar-refractivity contribution in [2.24, 2.45) is 5.41 Å². The van der Waals surface area contributed by atoms with Gasteiger partial charge in [-0.1, -0.05) is 50.6 Å². The Kier molecular flexibility index (Phi) is 4.95. The van der Waals surface area contributed by atoms with Crippen LogP contribution in [-0.4, -0.2) is 19.0 Å². The van der Waals surface area contributed by atoms with Crippen molar-refractivity contribution in [2.75, 3.05) is 7.11 Å². The molecule has 4 nitrogen and oxygen atoms in total. The molecule has 0 radical (unpaired) electrons. The first-order valence-electron chi connectivity index (χ1n) is 5.90. The minimum Gasteiger partial charge on any atom is -0.453 e. The Morgan fingerprint density at radius 1 is 1.26 bits per heavy atom. The maximum Gasteiger partial charge on any atom is 0.407 e. The minimum atomic E-state index is -0.818. The summed E-state index contributed by atoms with van der Waals surface area (Å²) in [6.45, 7) is 5.37. The van der Waals surface area contributed by atoms with E-state index in [9.17, 15) is 9.59 Å². The van der Waals surface area contributed by atoms with Crippen LogP contribution in [0.2, 0.25) is 5.02 Å². The number of hydrogen-bond donors (Lipinski definition) is 1. The van der Waals surface area contributed by atoms with Crippen LogP contribution in [0.1, 0.15) is 32.4 Å². The molecule has 1 rings (SSSR count). The standard InChI is InChI=1S/C14H18ClNO3/c1-14(2,3)12(17)11(16-13(18)19-4)9-7-5-6-8-10(9)15/h5-8,11H,1-4H3,(H,16,18). The van der Waals surface area contributed by atoms with Crippen molar-refractivity contribution in [1.29, 1.82) is 0 Å². The fourth-order valence-electron chi connectivity index (χ4n) is 1.60. The lowest BCUT2D eigenvalue weighted by atomic mass is 9.84. The summed E-state index contributed by atoms with van der Waals surface area (Å²) in [5, 5.41) is 2.97. The molecule has 1 unspecified atom stereocenters. The fraction of sp³-hybridized carbons (Fsp3) is 0.429. The highest BCUT2D eigenvalue weighted by molar-refractivity contribution is 6.31. The molecule has 0 aliphatic rings. The highest BCUT2D eigenvalue weighted by Gasteiger charge is 2.33. The van der Waals surface area contributed by atoms with Crippen molar-refractivity contribution in [3.63, 3.8) is 0 Å². The van der Waals surface area contributed by atoms with Gasteiger partial charge in [0.1, 0.15) is 6.04 Å². The number of carbonyl (C=O) groups is 2. The zero-order chi connectivity index (χ0) is 14.6. The molecule has 0 saturated heterocycles. The van der Waals surface area contributed by atoms with Gasteiger partial charge in [0.15, 0.2) is 5.78 Å². The van der Waals surface area contributed by atoms with Crippen molar-refractivity contribution in [1.82, 2.24) is 5.32 Å². The van der Waals surface area contributed by atoms with Gasteiger partial charge in [0, 0.05) is 16.0 Å². The average Bonchev–Trinajstić information content (AvgIpc) is 2.34. The third kappa shape index (κ3) is 3.96. The molecule has 0 spiro atoms. The van der Waals surface area contributed by atoms with Crippen molar-refractivity contribution < 1.29 is 14.3 Å². The van der Waals surface area contributed by atoms with Crippen LogP contribution in [0.5, 0.6) is 0 Å². The summed E-state index contributed by atoms with van der Waals surface area (Å²) in [6, 6.07) is 6.11. The lowest BCUT2D eigenvalue weighted by Gasteiger charge is -2.25. The van der Waals surface area contributed by atoms with Gasteiger partial charge in [-0.05, 0) is 6.07 Å². The van der Waals surface area contributed by atoms with Gasteiger partial charge in [-0.15, -0.1) is 0 Å². The monoisotopic (exact) mass is 283 g/mol. The number of alkyl carbamates (subject to hydrolysis) is 1. The van der Waals surface area contributed by atoms with E-state index in [1.807, 2.05) is 0 Å². The van der Waals surface area contributed by atoms with E-state index in [1.165, 1.54) is 7.11 Å². The maximum atomic E-state index is 12.4. The second-order valence-electron chi connectivity index (χ2n) is 5.20. The molecule has 104 valence electrons. The van der Waals surface area contributed by atoms with E-state index in [1.54, 1.807) is 45.0 Å². The largest absolute Gasteiger partial charge is 0.453 e. The molecule has 0 saturated carbocycles. The molecule has 0 aromatic heterocycles. The predicted octanol–water partition coefficient (Wildman–Crippen LogP) is 3.35. The Balaban J connectivity index is 3.17. The number of benzene rings is 1. The van der Waals surface area contributed by atoms with Crippen LogP contribution in [0.25, 0.3) is 0 Å². The van der Waals surface area contributed by atoms with Crippen molar-refractivity contribution >= 4 is 23.5 Å². The van der Waals surface area contributed by atoms with E-state index in [0.29, 0.717) is 10.6 Å². The Morgan fingerprint density at radius 3 is 2.32 bits per heavy atom. The molecule has 0 fully saturated rings. The summed E-state index contributed by atoms with van der Waals surface area (Å²) in [4.78, 5) is 23.8. The summed E-state index contributed by atoms with van der Waals surface area (Å²) in [7, 11) is 1.25. The van der Waals surface area contributed by atoms with Gasteiger partial charge in [-0.2, -0.15) is 0 Å². The van der Waals surface area contributed by atoms with Crippen LogP contribution < -0.4 is 5.32 Å². The summed E-state index contributed by atoms with van der Waals surface area (Å²) < 4.78 is 4.56. The van der Waals surface area contributed by atoms with Gasteiger partial charge in [-0.3, -0.25) is 4.79 Å². The zero-order valence-corrected chi connectivity index (χ0v) is 12.2. The van der Waals surface area contributed by atoms with E-state index in [0.717, 1.165) is 0 Å². The van der Waals surface area contributed by atoms with Gasteiger partial charge in [-0.25, -0.2) is 4.79 Å². The van der Waals surface area contributed by atoms with Crippen molar-refractivity contribution in [3.8, 4) is 0 Å². The van der Waals surface area contributed by atoms with Gasteiger partial charge in [0.25, 0.3) is 0 Å². The third-order valence-corrected chi connectivity index (χ3v) is 3.01. The number of carbonyl (C=O) groups excluding carboxylic acids is 2. The number of methoxy groups -OCH3 is 1. The molecule has 1 amide bonds. The maximum absolute atomic E-state index is 12.4. The van der Waals surface area contributed by atoms with Gasteiger partial charge >= 0.3 is 6.09 Å². The molecular weight excluding hydrogens is 266 g/mol. The highest BCUT2D eigenvalue weighted by atomic mass is 35.5. The van der Waals surface area contributed by atoms with E-state index < -0.39 is 17.6 Å². The number of halogens is 1.